The summed E-state index contributed by atoms with van der Waals surface area (Å²) in [4.78, 5) is 32.8. The topological polar surface area (TPSA) is 106 Å². The molecule has 196 valence electrons. The quantitative estimate of drug-likeness (QED) is 0.367. The number of hydrogen-bond donors (Lipinski definition) is 2. The Morgan fingerprint density at radius 1 is 1.23 bits per heavy atom. The molecule has 2 saturated carbocycles. The van der Waals surface area contributed by atoms with Crippen molar-refractivity contribution < 1.29 is 33.1 Å². The number of hydrogen-bond acceptors (Lipinski definition) is 6. The lowest BCUT2D eigenvalue weighted by Gasteiger charge is -2.53. The van der Waals surface area contributed by atoms with Crippen LogP contribution in [0.4, 0.5) is 4.79 Å². The highest BCUT2D eigenvalue weighted by Crippen LogP contribution is 2.63. The predicted octanol–water partition coefficient (Wildman–Crippen LogP) is 5.12. The molecule has 0 unspecified atom stereocenters. The molecule has 6 atom stereocenters. The van der Waals surface area contributed by atoms with Gasteiger partial charge in [-0.25, -0.2) is 9.36 Å². The van der Waals surface area contributed by atoms with Crippen LogP contribution >= 0.6 is 7.82 Å². The molecule has 0 spiro atoms. The zero-order chi connectivity index (χ0) is 25.4. The number of carbonyl (C=O) groups excluding carboxylic acids is 1. The average Bonchev–Trinajstić information content (AvgIpc) is 3.08. The Labute approximate surface area is 208 Å². The van der Waals surface area contributed by atoms with Crippen molar-refractivity contribution in [3.8, 4) is 5.75 Å². The van der Waals surface area contributed by atoms with Crippen LogP contribution in [0.3, 0.4) is 0 Å². The van der Waals surface area contributed by atoms with Gasteiger partial charge in [-0.1, -0.05) is 32.8 Å². The van der Waals surface area contributed by atoms with Crippen molar-refractivity contribution in [2.45, 2.75) is 70.8 Å². The highest BCUT2D eigenvalue weighted by atomic mass is 31.2. The number of fused-ring (bicyclic) bond motifs is 5. The van der Waals surface area contributed by atoms with Gasteiger partial charge in [0, 0.05) is 12.0 Å². The fourth-order valence-corrected chi connectivity index (χ4v) is 7.61. The first kappa shape index (κ1) is 26.5. The van der Waals surface area contributed by atoms with E-state index >= 15 is 0 Å². The molecule has 8 nitrogen and oxygen atoms in total. The first-order valence-corrected chi connectivity index (χ1v) is 14.4. The van der Waals surface area contributed by atoms with E-state index in [2.05, 4.69) is 13.8 Å². The molecule has 0 aliphatic heterocycles. The van der Waals surface area contributed by atoms with Crippen LogP contribution < -0.4 is 4.52 Å². The first-order valence-electron chi connectivity index (χ1n) is 12.9. The number of likely N-dealkylation sites (N-methyl/N-ethyl adjacent to an activating group) is 1. The van der Waals surface area contributed by atoms with E-state index in [1.165, 1.54) is 5.56 Å². The summed E-state index contributed by atoms with van der Waals surface area (Å²) >= 11 is 0. The molecule has 0 amide bonds. The van der Waals surface area contributed by atoms with Gasteiger partial charge in [0.15, 0.2) is 0 Å². The molecule has 0 bridgehead atoms. The van der Waals surface area contributed by atoms with Gasteiger partial charge in [-0.15, -0.1) is 0 Å². The normalized spacial score (nSPS) is 31.9. The van der Waals surface area contributed by atoms with E-state index in [0.717, 1.165) is 50.5 Å². The lowest BCUT2D eigenvalue weighted by Crippen LogP contribution is -2.48. The van der Waals surface area contributed by atoms with E-state index in [-0.39, 0.29) is 17.3 Å². The van der Waals surface area contributed by atoms with E-state index in [1.807, 2.05) is 31.1 Å². The Morgan fingerprint density at radius 2 is 2.00 bits per heavy atom. The summed E-state index contributed by atoms with van der Waals surface area (Å²) in [5, 5.41) is 0. The van der Waals surface area contributed by atoms with Gasteiger partial charge >= 0.3 is 14.0 Å². The molecule has 0 heterocycles. The van der Waals surface area contributed by atoms with Gasteiger partial charge in [0.05, 0.1) is 0 Å². The fraction of sp³-hybridized carbons (Fsp3) is 0.731. The Hall–Kier alpha value is -1.60. The summed E-state index contributed by atoms with van der Waals surface area (Å²) < 4.78 is 27.5. The number of phosphoric acid groups is 1. The lowest BCUT2D eigenvalue weighted by molar-refractivity contribution is -0.0642. The number of rotatable bonds is 8. The molecule has 1 aromatic rings. The molecule has 35 heavy (non-hydrogen) atoms. The number of nitrogens with zero attached hydrogens (tertiary/aromatic N) is 1. The monoisotopic (exact) mass is 509 g/mol. The maximum absolute atomic E-state index is 12.4. The second kappa shape index (κ2) is 10.4. The molecule has 0 radical (unpaired) electrons. The molecular weight excluding hydrogens is 469 g/mol. The number of benzene rings is 1. The fourth-order valence-electron chi connectivity index (χ4n) is 7.22. The average molecular weight is 510 g/mol. The molecule has 3 aliphatic carbocycles. The van der Waals surface area contributed by atoms with E-state index in [4.69, 9.17) is 14.0 Å². The summed E-state index contributed by atoms with van der Waals surface area (Å²) in [5.74, 6) is 2.10. The van der Waals surface area contributed by atoms with Crippen molar-refractivity contribution in [1.82, 2.24) is 4.90 Å². The third-order valence-corrected chi connectivity index (χ3v) is 9.12. The first-order chi connectivity index (χ1) is 16.5. The summed E-state index contributed by atoms with van der Waals surface area (Å²) in [6, 6.07) is 5.52. The van der Waals surface area contributed by atoms with Crippen molar-refractivity contribution in [3.63, 3.8) is 0 Å². The minimum atomic E-state index is -4.59. The third-order valence-electron chi connectivity index (χ3n) is 8.67. The summed E-state index contributed by atoms with van der Waals surface area (Å²) in [7, 11) is -0.708. The zero-order valence-electron chi connectivity index (χ0n) is 21.3. The van der Waals surface area contributed by atoms with Crippen LogP contribution in [0.15, 0.2) is 18.2 Å². The SMILES string of the molecule is CCC[C@@H]1Cc2cc(OP(=O)(O)O)ccc2[C@H]2CC[C@]3(C)[C@@H](OC(=O)OCCN(C)C)CC[C@H]3[C@H]12. The van der Waals surface area contributed by atoms with E-state index in [0.29, 0.717) is 36.8 Å². The molecular formula is C26H40NO7P. The molecule has 1 aromatic carbocycles. The van der Waals surface area contributed by atoms with Gasteiger partial charge in [-0.3, -0.25) is 9.79 Å². The Kier molecular flexibility index (Phi) is 7.87. The summed E-state index contributed by atoms with van der Waals surface area (Å²) in [5.41, 5.74) is 2.37. The van der Waals surface area contributed by atoms with Gasteiger partial charge in [-0.05, 0) is 93.1 Å². The van der Waals surface area contributed by atoms with Crippen LogP contribution in [0.2, 0.25) is 0 Å². The molecule has 2 fully saturated rings. The van der Waals surface area contributed by atoms with Gasteiger partial charge < -0.3 is 18.9 Å². The van der Waals surface area contributed by atoms with E-state index in [1.54, 1.807) is 6.07 Å². The smallest absolute Gasteiger partial charge is 0.433 e. The summed E-state index contributed by atoms with van der Waals surface area (Å²) in [6.07, 6.45) is 6.30. The van der Waals surface area contributed by atoms with Crippen molar-refractivity contribution in [2.24, 2.45) is 23.2 Å². The van der Waals surface area contributed by atoms with Crippen LogP contribution in [-0.2, 0) is 20.5 Å². The van der Waals surface area contributed by atoms with Crippen LogP contribution in [0, 0.1) is 23.2 Å². The van der Waals surface area contributed by atoms with Crippen molar-refractivity contribution in [3.05, 3.63) is 29.3 Å². The zero-order valence-corrected chi connectivity index (χ0v) is 22.2. The van der Waals surface area contributed by atoms with Crippen LogP contribution in [0.5, 0.6) is 5.75 Å². The Balaban J connectivity index is 1.53. The number of phosphoric ester groups is 1. The largest absolute Gasteiger partial charge is 0.524 e. The second-order valence-corrected chi connectivity index (χ2v) is 12.3. The molecule has 9 heteroatoms. The van der Waals surface area contributed by atoms with Gasteiger partial charge in [0.1, 0.15) is 18.5 Å². The van der Waals surface area contributed by atoms with Crippen molar-refractivity contribution >= 4 is 14.0 Å². The minimum Gasteiger partial charge on any atom is -0.433 e. The molecule has 4 rings (SSSR count). The highest BCUT2D eigenvalue weighted by molar-refractivity contribution is 7.46. The van der Waals surface area contributed by atoms with Gasteiger partial charge in [0.25, 0.3) is 0 Å². The molecule has 0 aromatic heterocycles. The third kappa shape index (κ3) is 5.71. The van der Waals surface area contributed by atoms with Gasteiger partial charge in [0.2, 0.25) is 0 Å². The molecule has 3 aliphatic rings. The maximum atomic E-state index is 12.4. The molecule has 2 N–H and O–H groups in total. The van der Waals surface area contributed by atoms with Crippen molar-refractivity contribution in [1.29, 1.82) is 0 Å². The second-order valence-electron chi connectivity index (χ2n) is 11.1. The van der Waals surface area contributed by atoms with Crippen LogP contribution in [0.1, 0.15) is 69.4 Å². The standard InChI is InChI=1S/C26H40NO7P/c1-5-6-17-15-18-16-19(34-35(29,30)31)7-8-20(18)21-11-12-26(2)22(24(17)21)9-10-23(26)33-25(28)32-14-13-27(3)4/h7-8,16-17,21-24H,5-6,9-15H2,1-4H3,(H2,29,30,31)/t17-,21-,22+,23+,24-,26+/m1/s1. The number of carbonyl (C=O) groups is 1. The lowest BCUT2D eigenvalue weighted by atomic mass is 9.52. The minimum absolute atomic E-state index is 0.0608. The van der Waals surface area contributed by atoms with Crippen LogP contribution in [-0.4, -0.2) is 54.2 Å². The van der Waals surface area contributed by atoms with Crippen molar-refractivity contribution in [2.75, 3.05) is 27.2 Å². The van der Waals surface area contributed by atoms with E-state index in [9.17, 15) is 19.1 Å². The molecule has 0 saturated heterocycles. The van der Waals surface area contributed by atoms with Gasteiger partial charge in [-0.2, -0.15) is 0 Å². The Morgan fingerprint density at radius 3 is 2.69 bits per heavy atom. The summed E-state index contributed by atoms with van der Waals surface area (Å²) in [6.45, 7) is 5.51. The van der Waals surface area contributed by atoms with Crippen LogP contribution in [0.25, 0.3) is 0 Å². The maximum Gasteiger partial charge on any atom is 0.524 e. The Bertz CT molecular complexity index is 963. The highest BCUT2D eigenvalue weighted by Gasteiger charge is 2.58. The predicted molar refractivity (Wildman–Crippen MR) is 132 cm³/mol. The van der Waals surface area contributed by atoms with E-state index < -0.39 is 14.0 Å². The number of ether oxygens (including phenoxy) is 2.